The molecule has 1 saturated heterocycles. The highest BCUT2D eigenvalue weighted by Gasteiger charge is 2.35. The molecule has 11 nitrogen and oxygen atoms in total. The predicted molar refractivity (Wildman–Crippen MR) is 113 cm³/mol. The number of aromatic nitrogens is 2. The van der Waals surface area contributed by atoms with Gasteiger partial charge in [-0.3, -0.25) is 29.5 Å². The number of carbonyl (C=O) groups is 2. The molecule has 0 aliphatic carbocycles. The molecule has 0 spiro atoms. The van der Waals surface area contributed by atoms with Crippen molar-refractivity contribution in [2.45, 2.75) is 32.1 Å². The average molecular weight is 426 g/mol. The Morgan fingerprint density at radius 2 is 2.03 bits per heavy atom. The zero-order chi connectivity index (χ0) is 22.1. The molecule has 1 atom stereocenters. The molecule has 1 fully saturated rings. The van der Waals surface area contributed by atoms with Crippen LogP contribution in [0.1, 0.15) is 37.7 Å². The number of hydrogen-bond donors (Lipinski definition) is 3. The van der Waals surface area contributed by atoms with Gasteiger partial charge in [-0.2, -0.15) is 4.98 Å². The van der Waals surface area contributed by atoms with Crippen molar-refractivity contribution in [2.75, 3.05) is 28.6 Å². The number of anilines is 3. The van der Waals surface area contributed by atoms with Gasteiger partial charge < -0.3 is 15.5 Å². The number of nitro groups is 1. The number of rotatable bonds is 4. The first-order valence-electron chi connectivity index (χ1n) is 10.1. The van der Waals surface area contributed by atoms with E-state index in [9.17, 15) is 24.5 Å². The summed E-state index contributed by atoms with van der Waals surface area (Å²) in [7, 11) is 0. The van der Waals surface area contributed by atoms with E-state index in [1.165, 1.54) is 24.3 Å². The minimum absolute atomic E-state index is 0.0767. The van der Waals surface area contributed by atoms with Crippen molar-refractivity contribution >= 4 is 35.0 Å². The second kappa shape index (κ2) is 8.17. The smallest absolute Gasteiger partial charge is 0.271 e. The van der Waals surface area contributed by atoms with Gasteiger partial charge in [0.15, 0.2) is 0 Å². The number of H-pyrrole nitrogens is 1. The molecule has 1 aromatic carbocycles. The van der Waals surface area contributed by atoms with E-state index in [4.69, 9.17) is 0 Å². The molecule has 11 heteroatoms. The second-order valence-corrected chi connectivity index (χ2v) is 7.92. The second-order valence-electron chi connectivity index (χ2n) is 7.92. The Morgan fingerprint density at radius 1 is 1.29 bits per heavy atom. The van der Waals surface area contributed by atoms with Crippen molar-refractivity contribution in [1.29, 1.82) is 0 Å². The molecule has 3 N–H and O–H groups in total. The van der Waals surface area contributed by atoms with E-state index in [0.29, 0.717) is 11.9 Å². The van der Waals surface area contributed by atoms with E-state index in [1.54, 1.807) is 0 Å². The third kappa shape index (κ3) is 4.25. The van der Waals surface area contributed by atoms with Crippen LogP contribution in [0.25, 0.3) is 0 Å². The van der Waals surface area contributed by atoms with Crippen LogP contribution in [0.5, 0.6) is 0 Å². The predicted octanol–water partition coefficient (Wildman–Crippen LogP) is 1.98. The molecule has 2 amide bonds. The van der Waals surface area contributed by atoms with Crippen molar-refractivity contribution in [3.63, 3.8) is 0 Å². The standard InChI is InChI=1S/C20H22N6O5/c1-11-5-7-25(8-6-11)20-23-17-16(19(29)24-20)14(10-15(27)22-17)18(28)21-12-3-2-4-13(9-12)26(30)31/h2-4,9,11,14H,5-8,10H2,1H3,(H,21,28)(H2,22,23,24,27,29)/t14-/m1/s1. The molecule has 1 aromatic heterocycles. The molecule has 162 valence electrons. The zero-order valence-corrected chi connectivity index (χ0v) is 16.9. The summed E-state index contributed by atoms with van der Waals surface area (Å²) in [6, 6.07) is 5.45. The molecule has 0 bridgehead atoms. The van der Waals surface area contributed by atoms with Crippen molar-refractivity contribution in [2.24, 2.45) is 5.92 Å². The fourth-order valence-corrected chi connectivity index (χ4v) is 3.88. The Morgan fingerprint density at radius 3 is 2.74 bits per heavy atom. The Hall–Kier alpha value is -3.76. The van der Waals surface area contributed by atoms with E-state index in [-0.39, 0.29) is 29.2 Å². The normalized spacial score (nSPS) is 18.8. The lowest BCUT2D eigenvalue weighted by Crippen LogP contribution is -2.39. The lowest BCUT2D eigenvalue weighted by Gasteiger charge is -2.31. The van der Waals surface area contributed by atoms with E-state index >= 15 is 0 Å². The highest BCUT2D eigenvalue weighted by atomic mass is 16.6. The van der Waals surface area contributed by atoms with Gasteiger partial charge in [0.1, 0.15) is 5.82 Å². The Bertz CT molecular complexity index is 1110. The lowest BCUT2D eigenvalue weighted by molar-refractivity contribution is -0.384. The first-order chi connectivity index (χ1) is 14.8. The summed E-state index contributed by atoms with van der Waals surface area (Å²) >= 11 is 0. The van der Waals surface area contributed by atoms with Crippen LogP contribution in [0, 0.1) is 16.0 Å². The molecule has 31 heavy (non-hydrogen) atoms. The van der Waals surface area contributed by atoms with Gasteiger partial charge in [0.25, 0.3) is 11.2 Å². The maximum absolute atomic E-state index is 12.9. The average Bonchev–Trinajstić information content (AvgIpc) is 2.73. The van der Waals surface area contributed by atoms with Crippen molar-refractivity contribution in [3.05, 3.63) is 50.3 Å². The molecule has 2 aromatic rings. The quantitative estimate of drug-likeness (QED) is 0.499. The Labute approximate surface area is 177 Å². The molecule has 0 saturated carbocycles. The van der Waals surface area contributed by atoms with Crippen LogP contribution in [-0.2, 0) is 9.59 Å². The lowest BCUT2D eigenvalue weighted by atomic mass is 9.92. The Kier molecular flexibility index (Phi) is 5.40. The number of hydrogen-bond acceptors (Lipinski definition) is 7. The number of carbonyl (C=O) groups excluding carboxylic acids is 2. The van der Waals surface area contributed by atoms with E-state index in [1.807, 2.05) is 4.90 Å². The Balaban J connectivity index is 1.62. The van der Waals surface area contributed by atoms with E-state index < -0.39 is 28.2 Å². The minimum atomic E-state index is -1.06. The number of nitro benzene ring substituents is 1. The monoisotopic (exact) mass is 426 g/mol. The summed E-state index contributed by atoms with van der Waals surface area (Å²) in [5.41, 5.74) is -0.385. The SMILES string of the molecule is CC1CCN(c2nc3c(c(=O)[nH]2)[C@H](C(=O)Nc2cccc([N+](=O)[O-])c2)CC(=O)N3)CC1. The van der Waals surface area contributed by atoms with Crippen LogP contribution in [-0.4, -0.2) is 39.8 Å². The zero-order valence-electron chi connectivity index (χ0n) is 16.9. The molecule has 3 heterocycles. The van der Waals surface area contributed by atoms with Gasteiger partial charge in [0.2, 0.25) is 17.8 Å². The number of benzene rings is 1. The molecule has 0 radical (unpaired) electrons. The van der Waals surface area contributed by atoms with Crippen LogP contribution in [0.15, 0.2) is 29.1 Å². The van der Waals surface area contributed by atoms with Gasteiger partial charge in [-0.1, -0.05) is 13.0 Å². The topological polar surface area (TPSA) is 150 Å². The fraction of sp³-hybridized carbons (Fsp3) is 0.400. The highest BCUT2D eigenvalue weighted by molar-refractivity contribution is 6.04. The number of piperidine rings is 1. The summed E-state index contributed by atoms with van der Waals surface area (Å²) in [5, 5.41) is 16.1. The molecule has 2 aliphatic rings. The summed E-state index contributed by atoms with van der Waals surface area (Å²) < 4.78 is 0. The van der Waals surface area contributed by atoms with Gasteiger partial charge in [-0.25, -0.2) is 0 Å². The molecular weight excluding hydrogens is 404 g/mol. The maximum Gasteiger partial charge on any atom is 0.271 e. The number of aromatic amines is 1. The number of fused-ring (bicyclic) bond motifs is 1. The summed E-state index contributed by atoms with van der Waals surface area (Å²) in [6.07, 6.45) is 1.72. The number of non-ortho nitro benzene ring substituents is 1. The van der Waals surface area contributed by atoms with Crippen LogP contribution >= 0.6 is 0 Å². The van der Waals surface area contributed by atoms with Gasteiger partial charge in [0.05, 0.1) is 16.4 Å². The maximum atomic E-state index is 12.9. The van der Waals surface area contributed by atoms with Gasteiger partial charge in [-0.15, -0.1) is 0 Å². The molecule has 4 rings (SSSR count). The van der Waals surface area contributed by atoms with Crippen molar-refractivity contribution in [3.8, 4) is 0 Å². The van der Waals surface area contributed by atoms with Crippen LogP contribution in [0.2, 0.25) is 0 Å². The van der Waals surface area contributed by atoms with Gasteiger partial charge >= 0.3 is 0 Å². The third-order valence-corrected chi connectivity index (χ3v) is 5.66. The minimum Gasteiger partial charge on any atom is -0.342 e. The number of amides is 2. The first kappa shape index (κ1) is 20.5. The number of nitrogens with zero attached hydrogens (tertiary/aromatic N) is 3. The summed E-state index contributed by atoms with van der Waals surface area (Å²) in [4.78, 5) is 57.5. The summed E-state index contributed by atoms with van der Waals surface area (Å²) in [6.45, 7) is 3.66. The van der Waals surface area contributed by atoms with Crippen LogP contribution in [0.4, 0.5) is 23.1 Å². The van der Waals surface area contributed by atoms with Crippen LogP contribution in [0.3, 0.4) is 0 Å². The molecule has 0 unspecified atom stereocenters. The fourth-order valence-electron chi connectivity index (χ4n) is 3.88. The summed E-state index contributed by atoms with van der Waals surface area (Å²) in [5.74, 6) is -1.05. The molecular formula is C20H22N6O5. The van der Waals surface area contributed by atoms with Gasteiger partial charge in [-0.05, 0) is 24.8 Å². The van der Waals surface area contributed by atoms with E-state index in [0.717, 1.165) is 25.9 Å². The van der Waals surface area contributed by atoms with Gasteiger partial charge in [0, 0.05) is 37.3 Å². The largest absolute Gasteiger partial charge is 0.342 e. The number of nitrogens with one attached hydrogen (secondary N) is 3. The highest BCUT2D eigenvalue weighted by Crippen LogP contribution is 2.31. The van der Waals surface area contributed by atoms with Crippen LogP contribution < -0.4 is 21.1 Å². The third-order valence-electron chi connectivity index (χ3n) is 5.66. The molecule has 2 aliphatic heterocycles. The van der Waals surface area contributed by atoms with Crippen molar-refractivity contribution < 1.29 is 14.5 Å². The van der Waals surface area contributed by atoms with E-state index in [2.05, 4.69) is 27.5 Å². The van der Waals surface area contributed by atoms with Crippen molar-refractivity contribution in [1.82, 2.24) is 9.97 Å². The first-order valence-corrected chi connectivity index (χ1v) is 10.1.